The van der Waals surface area contributed by atoms with Crippen molar-refractivity contribution in [2.75, 3.05) is 13.1 Å². The molecule has 7 heteroatoms. The van der Waals surface area contributed by atoms with Crippen LogP contribution in [0.3, 0.4) is 0 Å². The third kappa shape index (κ3) is 2.91. The second-order valence-corrected chi connectivity index (χ2v) is 6.16. The summed E-state index contributed by atoms with van der Waals surface area (Å²) in [5.41, 5.74) is 1.66. The van der Waals surface area contributed by atoms with E-state index in [2.05, 4.69) is 10.4 Å². The Kier molecular flexibility index (Phi) is 4.26. The van der Waals surface area contributed by atoms with Crippen molar-refractivity contribution in [2.24, 2.45) is 13.0 Å². The van der Waals surface area contributed by atoms with Gasteiger partial charge >= 0.3 is 0 Å². The fourth-order valence-electron chi connectivity index (χ4n) is 3.05. The molecular weight excluding hydrogens is 316 g/mol. The van der Waals surface area contributed by atoms with E-state index in [1.807, 2.05) is 32.2 Å². The molecule has 0 bridgehead atoms. The number of carbonyl (C=O) groups excluding carboxylic acids is 2. The first-order valence-electron chi connectivity index (χ1n) is 7.66. The molecule has 23 heavy (non-hydrogen) atoms. The van der Waals surface area contributed by atoms with E-state index in [1.165, 1.54) is 0 Å². The van der Waals surface area contributed by atoms with Gasteiger partial charge in [-0.1, -0.05) is 17.7 Å². The Morgan fingerprint density at radius 2 is 2.26 bits per heavy atom. The van der Waals surface area contributed by atoms with Crippen LogP contribution in [0.5, 0.6) is 0 Å². The average molecular weight is 335 g/mol. The number of hydrogen-bond acceptors (Lipinski definition) is 3. The zero-order chi connectivity index (χ0) is 16.6. The maximum Gasteiger partial charge on any atom is 0.225 e. The molecule has 1 atom stereocenters. The number of halogens is 1. The second kappa shape index (κ2) is 6.20. The van der Waals surface area contributed by atoms with Crippen LogP contribution in [0.4, 0.5) is 0 Å². The SMILES string of the molecule is CCN1CC(C(=O)NCc2nn(C)c3cccc(Cl)c23)CC1=O. The van der Waals surface area contributed by atoms with E-state index >= 15 is 0 Å². The highest BCUT2D eigenvalue weighted by Gasteiger charge is 2.33. The van der Waals surface area contributed by atoms with Crippen LogP contribution in [0.25, 0.3) is 10.9 Å². The van der Waals surface area contributed by atoms with Crippen LogP contribution in [0, 0.1) is 5.92 Å². The zero-order valence-corrected chi connectivity index (χ0v) is 13.9. The first-order chi connectivity index (χ1) is 11.0. The van der Waals surface area contributed by atoms with Crippen molar-refractivity contribution < 1.29 is 9.59 Å². The lowest BCUT2D eigenvalue weighted by Gasteiger charge is -2.13. The third-order valence-corrected chi connectivity index (χ3v) is 4.61. The maximum absolute atomic E-state index is 12.3. The largest absolute Gasteiger partial charge is 0.350 e. The van der Waals surface area contributed by atoms with Crippen LogP contribution in [0.15, 0.2) is 18.2 Å². The lowest BCUT2D eigenvalue weighted by atomic mass is 10.1. The number of amides is 2. The molecule has 1 fully saturated rings. The van der Waals surface area contributed by atoms with Crippen LogP contribution >= 0.6 is 11.6 Å². The maximum atomic E-state index is 12.3. The number of carbonyl (C=O) groups is 2. The van der Waals surface area contributed by atoms with Gasteiger partial charge in [-0.15, -0.1) is 0 Å². The zero-order valence-electron chi connectivity index (χ0n) is 13.2. The number of fused-ring (bicyclic) bond motifs is 1. The summed E-state index contributed by atoms with van der Waals surface area (Å²) in [4.78, 5) is 25.7. The Morgan fingerprint density at radius 3 is 2.96 bits per heavy atom. The highest BCUT2D eigenvalue weighted by Crippen LogP contribution is 2.26. The Hall–Kier alpha value is -2.08. The minimum absolute atomic E-state index is 0.0407. The molecule has 1 saturated heterocycles. The summed E-state index contributed by atoms with van der Waals surface area (Å²) < 4.78 is 1.75. The quantitative estimate of drug-likeness (QED) is 0.925. The number of nitrogens with zero attached hydrogens (tertiary/aromatic N) is 3. The molecule has 3 rings (SSSR count). The van der Waals surface area contributed by atoms with Crippen molar-refractivity contribution in [1.82, 2.24) is 20.0 Å². The van der Waals surface area contributed by atoms with Crippen LogP contribution in [0.2, 0.25) is 5.02 Å². The molecule has 2 heterocycles. The number of aryl methyl sites for hydroxylation is 1. The standard InChI is InChI=1S/C16H19ClN4O2/c1-3-21-9-10(7-14(21)22)16(23)18-8-12-15-11(17)5-4-6-13(15)20(2)19-12/h4-6,10H,3,7-9H2,1-2H3,(H,18,23). The molecule has 1 aliphatic rings. The molecule has 2 aromatic rings. The molecule has 1 N–H and O–H groups in total. The summed E-state index contributed by atoms with van der Waals surface area (Å²) in [5, 5.41) is 8.80. The van der Waals surface area contributed by atoms with Crippen molar-refractivity contribution in [3.05, 3.63) is 28.9 Å². The predicted octanol–water partition coefficient (Wildman–Crippen LogP) is 1.71. The molecule has 0 radical (unpaired) electrons. The van der Waals surface area contributed by atoms with Crippen molar-refractivity contribution in [3.8, 4) is 0 Å². The first kappa shape index (κ1) is 15.8. The van der Waals surface area contributed by atoms with E-state index in [1.54, 1.807) is 9.58 Å². The number of aromatic nitrogens is 2. The summed E-state index contributed by atoms with van der Waals surface area (Å²) in [5.74, 6) is -0.355. The fourth-order valence-corrected chi connectivity index (χ4v) is 3.32. The molecule has 1 unspecified atom stereocenters. The summed E-state index contributed by atoms with van der Waals surface area (Å²) in [6.45, 7) is 3.35. The smallest absolute Gasteiger partial charge is 0.225 e. The van der Waals surface area contributed by atoms with Crippen LogP contribution < -0.4 is 5.32 Å². The number of rotatable bonds is 4. The van der Waals surface area contributed by atoms with E-state index in [4.69, 9.17) is 11.6 Å². The van der Waals surface area contributed by atoms with Crippen LogP contribution in [-0.4, -0.2) is 39.6 Å². The van der Waals surface area contributed by atoms with E-state index in [0.29, 0.717) is 24.7 Å². The lowest BCUT2D eigenvalue weighted by molar-refractivity contribution is -0.128. The summed E-state index contributed by atoms with van der Waals surface area (Å²) in [7, 11) is 1.85. The third-order valence-electron chi connectivity index (χ3n) is 4.30. The van der Waals surface area contributed by atoms with Crippen molar-refractivity contribution in [3.63, 3.8) is 0 Å². The molecule has 0 aliphatic carbocycles. The number of nitrogens with one attached hydrogen (secondary N) is 1. The van der Waals surface area contributed by atoms with Gasteiger partial charge in [-0.05, 0) is 19.1 Å². The van der Waals surface area contributed by atoms with Gasteiger partial charge in [0.1, 0.15) is 0 Å². The van der Waals surface area contributed by atoms with Gasteiger partial charge in [-0.25, -0.2) is 0 Å². The molecule has 1 aromatic heterocycles. The van der Waals surface area contributed by atoms with Gasteiger partial charge in [0.25, 0.3) is 0 Å². The molecule has 2 amide bonds. The van der Waals surface area contributed by atoms with Gasteiger partial charge in [0, 0.05) is 31.9 Å². The molecule has 0 saturated carbocycles. The summed E-state index contributed by atoms with van der Waals surface area (Å²) >= 11 is 6.26. The lowest BCUT2D eigenvalue weighted by Crippen LogP contribution is -2.32. The molecule has 122 valence electrons. The van der Waals surface area contributed by atoms with Crippen molar-refractivity contribution in [1.29, 1.82) is 0 Å². The highest BCUT2D eigenvalue weighted by atomic mass is 35.5. The van der Waals surface area contributed by atoms with Crippen LogP contribution in [0.1, 0.15) is 19.0 Å². The van der Waals surface area contributed by atoms with Gasteiger partial charge in [0.05, 0.1) is 28.7 Å². The summed E-state index contributed by atoms with van der Waals surface area (Å²) in [6, 6.07) is 5.62. The van der Waals surface area contributed by atoms with E-state index in [-0.39, 0.29) is 24.2 Å². The average Bonchev–Trinajstić information content (AvgIpc) is 3.06. The van der Waals surface area contributed by atoms with Gasteiger partial charge < -0.3 is 10.2 Å². The minimum Gasteiger partial charge on any atom is -0.350 e. The van der Waals surface area contributed by atoms with E-state index in [9.17, 15) is 9.59 Å². The van der Waals surface area contributed by atoms with Gasteiger partial charge in [-0.2, -0.15) is 5.10 Å². The first-order valence-corrected chi connectivity index (χ1v) is 8.04. The van der Waals surface area contributed by atoms with Crippen molar-refractivity contribution >= 4 is 34.3 Å². The monoisotopic (exact) mass is 334 g/mol. The molecule has 1 aromatic carbocycles. The molecule has 0 spiro atoms. The number of hydrogen-bond donors (Lipinski definition) is 1. The minimum atomic E-state index is -0.284. The number of benzene rings is 1. The molecular formula is C16H19ClN4O2. The second-order valence-electron chi connectivity index (χ2n) is 5.76. The topological polar surface area (TPSA) is 67.2 Å². The summed E-state index contributed by atoms with van der Waals surface area (Å²) in [6.07, 6.45) is 0.281. The van der Waals surface area contributed by atoms with Gasteiger partial charge in [0.15, 0.2) is 0 Å². The fraction of sp³-hybridized carbons (Fsp3) is 0.438. The van der Waals surface area contributed by atoms with E-state index < -0.39 is 0 Å². The Bertz CT molecular complexity index is 771. The highest BCUT2D eigenvalue weighted by molar-refractivity contribution is 6.35. The predicted molar refractivity (Wildman–Crippen MR) is 87.9 cm³/mol. The van der Waals surface area contributed by atoms with Gasteiger partial charge in [0.2, 0.25) is 11.8 Å². The van der Waals surface area contributed by atoms with Crippen LogP contribution in [-0.2, 0) is 23.2 Å². The van der Waals surface area contributed by atoms with Gasteiger partial charge in [-0.3, -0.25) is 14.3 Å². The normalized spacial score (nSPS) is 18.0. The van der Waals surface area contributed by atoms with Crippen molar-refractivity contribution in [2.45, 2.75) is 19.9 Å². The Morgan fingerprint density at radius 1 is 1.48 bits per heavy atom. The van der Waals surface area contributed by atoms with E-state index in [0.717, 1.165) is 16.6 Å². The Balaban J connectivity index is 1.72. The molecule has 6 nitrogen and oxygen atoms in total. The molecule has 1 aliphatic heterocycles. The number of likely N-dealkylation sites (tertiary alicyclic amines) is 1. The Labute approximate surface area is 139 Å².